The molecule has 1 aliphatic carbocycles. The molecule has 2 nitrogen and oxygen atoms in total. The molecule has 0 spiro atoms. The van der Waals surface area contributed by atoms with Gasteiger partial charge in [0.05, 0.1) is 6.10 Å². The fourth-order valence-electron chi connectivity index (χ4n) is 2.91. The van der Waals surface area contributed by atoms with Crippen molar-refractivity contribution in [3.05, 3.63) is 0 Å². The lowest BCUT2D eigenvalue weighted by Crippen LogP contribution is -2.29. The molecule has 0 radical (unpaired) electrons. The van der Waals surface area contributed by atoms with Gasteiger partial charge in [-0.05, 0) is 51.5 Å². The largest absolute Gasteiger partial charge is 0.378 e. The number of nitrogens with one attached hydrogen (secondary N) is 1. The molecular weight excluding hydrogens is 198 g/mol. The molecule has 16 heavy (non-hydrogen) atoms. The maximum Gasteiger partial charge on any atom is 0.0549 e. The van der Waals surface area contributed by atoms with Gasteiger partial charge >= 0.3 is 0 Å². The Labute approximate surface area is 101 Å². The number of ether oxygens (including phenoxy) is 1. The van der Waals surface area contributed by atoms with Crippen molar-refractivity contribution in [1.82, 2.24) is 5.32 Å². The first kappa shape index (κ1) is 14.0. The van der Waals surface area contributed by atoms with Crippen molar-refractivity contribution in [2.75, 3.05) is 13.7 Å². The summed E-state index contributed by atoms with van der Waals surface area (Å²) in [4.78, 5) is 0. The van der Waals surface area contributed by atoms with Gasteiger partial charge in [0.25, 0.3) is 0 Å². The summed E-state index contributed by atoms with van der Waals surface area (Å²) in [7, 11) is 2.09. The van der Waals surface area contributed by atoms with E-state index in [2.05, 4.69) is 33.1 Å². The van der Waals surface area contributed by atoms with E-state index in [-0.39, 0.29) is 0 Å². The first-order valence-corrected chi connectivity index (χ1v) is 6.92. The van der Waals surface area contributed by atoms with E-state index in [1.807, 2.05) is 0 Å². The van der Waals surface area contributed by atoms with Crippen LogP contribution in [0.5, 0.6) is 0 Å². The molecule has 1 fully saturated rings. The van der Waals surface area contributed by atoms with Gasteiger partial charge in [0.1, 0.15) is 0 Å². The normalized spacial score (nSPS) is 27.6. The van der Waals surface area contributed by atoms with Gasteiger partial charge in [-0.1, -0.05) is 20.3 Å². The molecule has 0 bridgehead atoms. The molecule has 0 aliphatic heterocycles. The van der Waals surface area contributed by atoms with Gasteiger partial charge < -0.3 is 10.1 Å². The van der Waals surface area contributed by atoms with Crippen molar-refractivity contribution < 1.29 is 4.74 Å². The van der Waals surface area contributed by atoms with Crippen LogP contribution in [0.3, 0.4) is 0 Å². The Hall–Kier alpha value is -0.0800. The van der Waals surface area contributed by atoms with Gasteiger partial charge in [0.15, 0.2) is 0 Å². The summed E-state index contributed by atoms with van der Waals surface area (Å²) in [5, 5.41) is 3.43. The van der Waals surface area contributed by atoms with Crippen LogP contribution in [-0.2, 0) is 4.74 Å². The Kier molecular flexibility index (Phi) is 6.37. The van der Waals surface area contributed by atoms with E-state index in [1.54, 1.807) is 0 Å². The third kappa shape index (κ3) is 4.84. The van der Waals surface area contributed by atoms with Crippen molar-refractivity contribution in [2.24, 2.45) is 11.8 Å². The molecule has 0 amide bonds. The Morgan fingerprint density at radius 1 is 1.25 bits per heavy atom. The molecule has 3 unspecified atom stereocenters. The van der Waals surface area contributed by atoms with Crippen LogP contribution < -0.4 is 5.32 Å². The average molecular weight is 227 g/mol. The highest BCUT2D eigenvalue weighted by molar-refractivity contribution is 4.81. The van der Waals surface area contributed by atoms with Crippen molar-refractivity contribution in [2.45, 2.75) is 65.0 Å². The van der Waals surface area contributed by atoms with Gasteiger partial charge in [0.2, 0.25) is 0 Å². The van der Waals surface area contributed by atoms with E-state index in [0.29, 0.717) is 6.10 Å². The third-order valence-corrected chi connectivity index (χ3v) is 3.72. The van der Waals surface area contributed by atoms with E-state index >= 15 is 0 Å². The highest BCUT2D eigenvalue weighted by atomic mass is 16.5. The molecule has 0 aromatic heterocycles. The highest BCUT2D eigenvalue weighted by Crippen LogP contribution is 2.28. The molecule has 1 N–H and O–H groups in total. The van der Waals surface area contributed by atoms with Crippen molar-refractivity contribution in [1.29, 1.82) is 0 Å². The van der Waals surface area contributed by atoms with Crippen molar-refractivity contribution in [3.63, 3.8) is 0 Å². The highest BCUT2D eigenvalue weighted by Gasteiger charge is 2.25. The minimum atomic E-state index is 0.425. The predicted octanol–water partition coefficient (Wildman–Crippen LogP) is 3.22. The van der Waals surface area contributed by atoms with Gasteiger partial charge in [0, 0.05) is 12.6 Å². The summed E-state index contributed by atoms with van der Waals surface area (Å²) in [6.45, 7) is 7.66. The summed E-state index contributed by atoms with van der Waals surface area (Å²) in [5.74, 6) is 1.59. The number of hydrogen-bond donors (Lipinski definition) is 1. The summed E-state index contributed by atoms with van der Waals surface area (Å²) < 4.78 is 5.88. The Balaban J connectivity index is 2.10. The first-order valence-electron chi connectivity index (χ1n) is 6.92. The average Bonchev–Trinajstić information content (AvgIpc) is 2.64. The van der Waals surface area contributed by atoms with E-state index in [1.165, 1.54) is 32.1 Å². The minimum absolute atomic E-state index is 0.425. The van der Waals surface area contributed by atoms with Crippen LogP contribution in [0.1, 0.15) is 52.9 Å². The second-order valence-corrected chi connectivity index (χ2v) is 5.69. The fraction of sp³-hybridized carbons (Fsp3) is 1.00. The van der Waals surface area contributed by atoms with E-state index in [0.717, 1.165) is 24.5 Å². The molecule has 0 saturated heterocycles. The van der Waals surface area contributed by atoms with Crippen LogP contribution in [0.4, 0.5) is 0 Å². The van der Waals surface area contributed by atoms with Crippen molar-refractivity contribution in [3.8, 4) is 0 Å². The SMILES string of the molecule is CNC1CCCC1CCOC(C)CC(C)C. The second kappa shape index (κ2) is 7.29. The molecule has 1 rings (SSSR count). The Morgan fingerprint density at radius 3 is 2.62 bits per heavy atom. The lowest BCUT2D eigenvalue weighted by Gasteiger charge is -2.20. The lowest BCUT2D eigenvalue weighted by atomic mass is 10.0. The molecular formula is C14H29NO. The molecule has 0 aromatic rings. The molecule has 0 heterocycles. The van der Waals surface area contributed by atoms with Crippen LogP contribution >= 0.6 is 0 Å². The van der Waals surface area contributed by atoms with E-state index in [9.17, 15) is 0 Å². The van der Waals surface area contributed by atoms with Crippen molar-refractivity contribution >= 4 is 0 Å². The van der Waals surface area contributed by atoms with Crippen LogP contribution in [0, 0.1) is 11.8 Å². The topological polar surface area (TPSA) is 21.3 Å². The minimum Gasteiger partial charge on any atom is -0.378 e. The number of rotatable bonds is 7. The zero-order chi connectivity index (χ0) is 12.0. The summed E-state index contributed by atoms with van der Waals surface area (Å²) >= 11 is 0. The van der Waals surface area contributed by atoms with Crippen LogP contribution in [0.25, 0.3) is 0 Å². The lowest BCUT2D eigenvalue weighted by molar-refractivity contribution is 0.0422. The first-order chi connectivity index (χ1) is 7.63. The smallest absolute Gasteiger partial charge is 0.0549 e. The molecule has 2 heteroatoms. The van der Waals surface area contributed by atoms with Gasteiger partial charge in [-0.2, -0.15) is 0 Å². The third-order valence-electron chi connectivity index (χ3n) is 3.72. The molecule has 1 aliphatic rings. The molecule has 1 saturated carbocycles. The van der Waals surface area contributed by atoms with Gasteiger partial charge in [-0.3, -0.25) is 0 Å². The van der Waals surface area contributed by atoms with Crippen LogP contribution in [0.15, 0.2) is 0 Å². The molecule has 0 aromatic carbocycles. The Morgan fingerprint density at radius 2 is 2.00 bits per heavy atom. The maximum atomic E-state index is 5.88. The molecule has 3 atom stereocenters. The van der Waals surface area contributed by atoms with Crippen LogP contribution in [0.2, 0.25) is 0 Å². The number of hydrogen-bond acceptors (Lipinski definition) is 2. The standard InChI is InChI=1S/C14H29NO/c1-11(2)10-12(3)16-9-8-13-6-5-7-14(13)15-4/h11-15H,5-10H2,1-4H3. The van der Waals surface area contributed by atoms with E-state index < -0.39 is 0 Å². The zero-order valence-corrected chi connectivity index (χ0v) is 11.5. The molecule has 96 valence electrons. The zero-order valence-electron chi connectivity index (χ0n) is 11.5. The van der Waals surface area contributed by atoms with Crippen LogP contribution in [-0.4, -0.2) is 25.8 Å². The maximum absolute atomic E-state index is 5.88. The monoisotopic (exact) mass is 227 g/mol. The summed E-state index contributed by atoms with van der Waals surface area (Å²) in [5.41, 5.74) is 0. The predicted molar refractivity (Wildman–Crippen MR) is 69.7 cm³/mol. The Bertz CT molecular complexity index is 182. The second-order valence-electron chi connectivity index (χ2n) is 5.69. The van der Waals surface area contributed by atoms with E-state index in [4.69, 9.17) is 4.74 Å². The quantitative estimate of drug-likeness (QED) is 0.721. The fourth-order valence-corrected chi connectivity index (χ4v) is 2.91. The van der Waals surface area contributed by atoms with Gasteiger partial charge in [-0.15, -0.1) is 0 Å². The van der Waals surface area contributed by atoms with Gasteiger partial charge in [-0.25, -0.2) is 0 Å². The summed E-state index contributed by atoms with van der Waals surface area (Å²) in [6, 6.07) is 0.740. The summed E-state index contributed by atoms with van der Waals surface area (Å²) in [6.07, 6.45) is 6.96.